The van der Waals surface area contributed by atoms with Crippen LogP contribution in [0.15, 0.2) is 41.0 Å². The Morgan fingerprint density at radius 3 is 2.67 bits per heavy atom. The molecule has 1 atom stereocenters. The number of para-hydroxylation sites is 1. The van der Waals surface area contributed by atoms with Crippen LogP contribution in [-0.2, 0) is 6.54 Å². The fraction of sp³-hybridized carbons (Fsp3) is 0.312. The number of rotatable bonds is 7. The van der Waals surface area contributed by atoms with Crippen LogP contribution >= 0.6 is 12.4 Å². The van der Waals surface area contributed by atoms with Crippen LogP contribution in [0, 0.1) is 0 Å². The van der Waals surface area contributed by atoms with Crippen molar-refractivity contribution in [2.45, 2.75) is 32.5 Å². The number of benzene rings is 1. The molecular formula is C16H19ClF2N2O3. The maximum Gasteiger partial charge on any atom is 0.387 e. The van der Waals surface area contributed by atoms with Gasteiger partial charge in [-0.15, -0.1) is 12.4 Å². The molecule has 3 N–H and O–H groups in total. The lowest BCUT2D eigenvalue weighted by atomic mass is 10.0. The fourth-order valence-corrected chi connectivity index (χ4v) is 2.22. The van der Waals surface area contributed by atoms with Gasteiger partial charge in [-0.1, -0.05) is 25.1 Å². The molecular weight excluding hydrogens is 342 g/mol. The summed E-state index contributed by atoms with van der Waals surface area (Å²) in [6, 6.07) is 7.47. The van der Waals surface area contributed by atoms with Gasteiger partial charge in [0.15, 0.2) is 0 Å². The normalized spacial score (nSPS) is 11.7. The summed E-state index contributed by atoms with van der Waals surface area (Å²) in [5.41, 5.74) is 6.26. The van der Waals surface area contributed by atoms with Crippen molar-refractivity contribution in [2.24, 2.45) is 5.73 Å². The van der Waals surface area contributed by atoms with Crippen molar-refractivity contribution in [2.75, 3.05) is 0 Å². The summed E-state index contributed by atoms with van der Waals surface area (Å²) in [4.78, 5) is 12.2. The Labute approximate surface area is 144 Å². The SMILES string of the molecule is CCC(NC(=O)c1coc(CN)c1)c1ccccc1OC(F)F.Cl. The van der Waals surface area contributed by atoms with E-state index >= 15 is 0 Å². The molecule has 0 saturated carbocycles. The lowest BCUT2D eigenvalue weighted by Gasteiger charge is -2.20. The summed E-state index contributed by atoms with van der Waals surface area (Å²) in [5.74, 6) is 0.168. The van der Waals surface area contributed by atoms with Crippen LogP contribution < -0.4 is 15.8 Å². The number of hydrogen-bond acceptors (Lipinski definition) is 4. The van der Waals surface area contributed by atoms with Gasteiger partial charge in [-0.05, 0) is 18.6 Å². The Balaban J connectivity index is 0.00000288. The van der Waals surface area contributed by atoms with Gasteiger partial charge in [0.05, 0.1) is 18.2 Å². The molecule has 132 valence electrons. The molecule has 0 bridgehead atoms. The molecule has 1 aromatic heterocycles. The van der Waals surface area contributed by atoms with Gasteiger partial charge in [0.2, 0.25) is 0 Å². The van der Waals surface area contributed by atoms with E-state index in [1.165, 1.54) is 12.3 Å². The molecule has 0 aliphatic carbocycles. The second-order valence-corrected chi connectivity index (χ2v) is 4.86. The van der Waals surface area contributed by atoms with Gasteiger partial charge in [-0.3, -0.25) is 4.79 Å². The zero-order chi connectivity index (χ0) is 16.8. The van der Waals surface area contributed by atoms with E-state index in [1.807, 2.05) is 6.92 Å². The highest BCUT2D eigenvalue weighted by Gasteiger charge is 2.20. The van der Waals surface area contributed by atoms with Crippen LogP contribution in [0.4, 0.5) is 8.78 Å². The quantitative estimate of drug-likeness (QED) is 0.790. The first-order valence-corrected chi connectivity index (χ1v) is 7.17. The van der Waals surface area contributed by atoms with E-state index in [1.54, 1.807) is 24.3 Å². The summed E-state index contributed by atoms with van der Waals surface area (Å²) < 4.78 is 34.6. The summed E-state index contributed by atoms with van der Waals surface area (Å²) in [6.07, 6.45) is 1.82. The Bertz CT molecular complexity index is 664. The minimum Gasteiger partial charge on any atom is -0.467 e. The van der Waals surface area contributed by atoms with Crippen molar-refractivity contribution in [3.63, 3.8) is 0 Å². The van der Waals surface area contributed by atoms with Crippen molar-refractivity contribution in [3.8, 4) is 5.75 Å². The van der Waals surface area contributed by atoms with Gasteiger partial charge in [-0.2, -0.15) is 8.78 Å². The zero-order valence-electron chi connectivity index (χ0n) is 13.0. The van der Waals surface area contributed by atoms with E-state index in [9.17, 15) is 13.6 Å². The van der Waals surface area contributed by atoms with E-state index in [-0.39, 0.29) is 30.6 Å². The largest absolute Gasteiger partial charge is 0.467 e. The predicted molar refractivity (Wildman–Crippen MR) is 87.4 cm³/mol. The average molecular weight is 361 g/mol. The minimum absolute atomic E-state index is 0. The second kappa shape index (κ2) is 9.24. The van der Waals surface area contributed by atoms with Crippen LogP contribution in [0.2, 0.25) is 0 Å². The molecule has 1 amide bonds. The van der Waals surface area contributed by atoms with Gasteiger partial charge < -0.3 is 20.2 Å². The molecule has 0 saturated heterocycles. The first-order chi connectivity index (χ1) is 11.0. The third kappa shape index (κ3) is 4.94. The molecule has 8 heteroatoms. The number of ether oxygens (including phenoxy) is 1. The van der Waals surface area contributed by atoms with Crippen molar-refractivity contribution < 1.29 is 22.7 Å². The first kappa shape index (κ1) is 19.9. The maximum atomic E-state index is 12.5. The number of amides is 1. The smallest absolute Gasteiger partial charge is 0.387 e. The number of nitrogens with one attached hydrogen (secondary N) is 1. The number of halogens is 3. The van der Waals surface area contributed by atoms with E-state index in [2.05, 4.69) is 10.1 Å². The lowest BCUT2D eigenvalue weighted by molar-refractivity contribution is -0.0506. The van der Waals surface area contributed by atoms with Gasteiger partial charge >= 0.3 is 6.61 Å². The monoisotopic (exact) mass is 360 g/mol. The average Bonchev–Trinajstić information content (AvgIpc) is 3.02. The predicted octanol–water partition coefficient (Wildman–Crippen LogP) is 3.64. The third-order valence-corrected chi connectivity index (χ3v) is 3.34. The highest BCUT2D eigenvalue weighted by Crippen LogP contribution is 2.28. The Morgan fingerprint density at radius 2 is 2.08 bits per heavy atom. The van der Waals surface area contributed by atoms with E-state index in [0.29, 0.717) is 23.3 Å². The summed E-state index contributed by atoms with van der Waals surface area (Å²) in [6.45, 7) is -0.898. The number of hydrogen-bond donors (Lipinski definition) is 2. The highest BCUT2D eigenvalue weighted by molar-refractivity contribution is 5.94. The molecule has 0 fully saturated rings. The third-order valence-electron chi connectivity index (χ3n) is 3.34. The number of furan rings is 1. The summed E-state index contributed by atoms with van der Waals surface area (Å²) in [5, 5.41) is 2.79. The fourth-order valence-electron chi connectivity index (χ4n) is 2.22. The number of nitrogens with two attached hydrogens (primary N) is 1. The van der Waals surface area contributed by atoms with Gasteiger partial charge in [-0.25, -0.2) is 0 Å². The molecule has 24 heavy (non-hydrogen) atoms. The first-order valence-electron chi connectivity index (χ1n) is 7.17. The maximum absolute atomic E-state index is 12.5. The molecule has 1 unspecified atom stereocenters. The van der Waals surface area contributed by atoms with Crippen molar-refractivity contribution in [3.05, 3.63) is 53.5 Å². The van der Waals surface area contributed by atoms with E-state index in [4.69, 9.17) is 10.2 Å². The number of alkyl halides is 2. The van der Waals surface area contributed by atoms with Crippen LogP contribution in [0.25, 0.3) is 0 Å². The molecule has 1 aromatic carbocycles. The molecule has 0 spiro atoms. The number of carbonyl (C=O) groups excluding carboxylic acids is 1. The van der Waals surface area contributed by atoms with Gasteiger partial charge in [0.25, 0.3) is 5.91 Å². The van der Waals surface area contributed by atoms with Crippen molar-refractivity contribution in [1.82, 2.24) is 5.32 Å². The van der Waals surface area contributed by atoms with Gasteiger partial charge in [0, 0.05) is 5.56 Å². The lowest BCUT2D eigenvalue weighted by Crippen LogP contribution is -2.28. The van der Waals surface area contributed by atoms with E-state index in [0.717, 1.165) is 0 Å². The minimum atomic E-state index is -2.93. The number of carbonyl (C=O) groups is 1. The Morgan fingerprint density at radius 1 is 1.38 bits per heavy atom. The molecule has 0 aliphatic rings. The Hall–Kier alpha value is -2.12. The molecule has 5 nitrogen and oxygen atoms in total. The molecule has 1 heterocycles. The topological polar surface area (TPSA) is 77.5 Å². The second-order valence-electron chi connectivity index (χ2n) is 4.86. The van der Waals surface area contributed by atoms with Crippen molar-refractivity contribution in [1.29, 1.82) is 0 Å². The molecule has 2 rings (SSSR count). The van der Waals surface area contributed by atoms with Crippen LogP contribution in [-0.4, -0.2) is 12.5 Å². The summed E-state index contributed by atoms with van der Waals surface area (Å²) in [7, 11) is 0. The highest BCUT2D eigenvalue weighted by atomic mass is 35.5. The Kier molecular flexibility index (Phi) is 7.67. The molecule has 2 aromatic rings. The standard InChI is InChI=1S/C16H18F2N2O3.ClH/c1-2-13(12-5-3-4-6-14(12)23-16(17)18)20-15(21)10-7-11(8-19)22-9-10;/h3-7,9,13,16H,2,8,19H2,1H3,(H,20,21);1H. The van der Waals surface area contributed by atoms with Gasteiger partial charge in [0.1, 0.15) is 17.8 Å². The van der Waals surface area contributed by atoms with Crippen LogP contribution in [0.5, 0.6) is 5.75 Å². The van der Waals surface area contributed by atoms with E-state index < -0.39 is 12.7 Å². The van der Waals surface area contributed by atoms with Crippen molar-refractivity contribution >= 4 is 18.3 Å². The molecule has 0 aliphatic heterocycles. The zero-order valence-corrected chi connectivity index (χ0v) is 13.8. The molecule has 0 radical (unpaired) electrons. The summed E-state index contributed by atoms with van der Waals surface area (Å²) >= 11 is 0. The van der Waals surface area contributed by atoms with Crippen LogP contribution in [0.1, 0.15) is 41.1 Å². The van der Waals surface area contributed by atoms with Crippen LogP contribution in [0.3, 0.4) is 0 Å².